The zero-order valence-electron chi connectivity index (χ0n) is 18.2. The standard InChI is InChI=1S/C23H27N3O6/c1-3-31-22(29)25-12-10-24(11-13-25)20(27)18-17-8-9-23(32-17)14-26(21(28)19(18)23)15-4-6-16(30-2)7-5-15/h4-9,17-19H,3,10-14H2,1-2H3/t17-,18+,19+,23+/m1/s1. The summed E-state index contributed by atoms with van der Waals surface area (Å²) in [5.41, 5.74) is -0.0105. The number of ether oxygens (including phenoxy) is 3. The molecule has 3 fully saturated rings. The summed E-state index contributed by atoms with van der Waals surface area (Å²) >= 11 is 0. The van der Waals surface area contributed by atoms with E-state index in [2.05, 4.69) is 0 Å². The third-order valence-electron chi connectivity index (χ3n) is 6.89. The van der Waals surface area contributed by atoms with E-state index in [1.807, 2.05) is 36.4 Å². The summed E-state index contributed by atoms with van der Waals surface area (Å²) in [6.45, 7) is 4.14. The van der Waals surface area contributed by atoms with Crippen LogP contribution in [0.3, 0.4) is 0 Å². The molecule has 9 heteroatoms. The van der Waals surface area contributed by atoms with Crippen molar-refractivity contribution < 1.29 is 28.6 Å². The van der Waals surface area contributed by atoms with Gasteiger partial charge in [0.2, 0.25) is 11.8 Å². The number of hydrogen-bond donors (Lipinski definition) is 0. The summed E-state index contributed by atoms with van der Waals surface area (Å²) in [5, 5.41) is 0. The van der Waals surface area contributed by atoms with Crippen molar-refractivity contribution in [1.82, 2.24) is 9.80 Å². The maximum absolute atomic E-state index is 13.5. The van der Waals surface area contributed by atoms with Gasteiger partial charge in [-0.05, 0) is 31.2 Å². The number of anilines is 1. The van der Waals surface area contributed by atoms with Crippen LogP contribution < -0.4 is 9.64 Å². The molecule has 4 atom stereocenters. The fraction of sp³-hybridized carbons (Fsp3) is 0.522. The minimum Gasteiger partial charge on any atom is -0.497 e. The SMILES string of the molecule is CCOC(=O)N1CCN(C(=O)[C@@H]2[C@H]3C(=O)N(c4ccc(OC)cc4)C[C@@]34C=C[C@H]2O4)CC1. The van der Waals surface area contributed by atoms with Crippen LogP contribution in [0.5, 0.6) is 5.75 Å². The van der Waals surface area contributed by atoms with Gasteiger partial charge in [-0.2, -0.15) is 0 Å². The highest BCUT2D eigenvalue weighted by Gasteiger charge is 2.67. The van der Waals surface area contributed by atoms with Crippen LogP contribution in [0.4, 0.5) is 10.5 Å². The summed E-state index contributed by atoms with van der Waals surface area (Å²) < 4.78 is 16.5. The van der Waals surface area contributed by atoms with Gasteiger partial charge in [-0.1, -0.05) is 12.2 Å². The zero-order valence-corrected chi connectivity index (χ0v) is 18.2. The minimum absolute atomic E-state index is 0.0836. The molecule has 170 valence electrons. The van der Waals surface area contributed by atoms with E-state index in [0.29, 0.717) is 45.1 Å². The van der Waals surface area contributed by atoms with Gasteiger partial charge in [0.1, 0.15) is 11.4 Å². The van der Waals surface area contributed by atoms with Crippen molar-refractivity contribution in [1.29, 1.82) is 0 Å². The summed E-state index contributed by atoms with van der Waals surface area (Å²) in [6.07, 6.45) is 3.12. The van der Waals surface area contributed by atoms with Crippen molar-refractivity contribution in [2.24, 2.45) is 11.8 Å². The molecule has 4 heterocycles. The first kappa shape index (κ1) is 20.8. The van der Waals surface area contributed by atoms with E-state index in [-0.39, 0.29) is 17.9 Å². The molecule has 2 bridgehead atoms. The molecule has 0 radical (unpaired) electrons. The number of fused-ring (bicyclic) bond motifs is 1. The number of nitrogens with zero attached hydrogens (tertiary/aromatic N) is 3. The van der Waals surface area contributed by atoms with E-state index in [1.54, 1.807) is 28.7 Å². The van der Waals surface area contributed by atoms with E-state index in [1.165, 1.54) is 0 Å². The molecule has 9 nitrogen and oxygen atoms in total. The average Bonchev–Trinajstić information content (AvgIpc) is 3.47. The lowest BCUT2D eigenvalue weighted by Crippen LogP contribution is -2.54. The molecule has 1 spiro atoms. The second-order valence-electron chi connectivity index (χ2n) is 8.53. The van der Waals surface area contributed by atoms with Gasteiger partial charge in [0.15, 0.2) is 0 Å². The number of benzene rings is 1. The van der Waals surface area contributed by atoms with Crippen LogP contribution in [-0.2, 0) is 19.1 Å². The Hall–Kier alpha value is -3.07. The van der Waals surface area contributed by atoms with Crippen LogP contribution in [0.2, 0.25) is 0 Å². The maximum atomic E-state index is 13.5. The van der Waals surface area contributed by atoms with Gasteiger partial charge in [-0.3, -0.25) is 9.59 Å². The lowest BCUT2D eigenvalue weighted by Gasteiger charge is -2.36. The highest BCUT2D eigenvalue weighted by molar-refractivity contribution is 6.03. The normalized spacial score (nSPS) is 30.6. The van der Waals surface area contributed by atoms with Crippen LogP contribution in [0.25, 0.3) is 0 Å². The first-order chi connectivity index (χ1) is 15.5. The van der Waals surface area contributed by atoms with Crippen molar-refractivity contribution in [3.8, 4) is 5.75 Å². The van der Waals surface area contributed by atoms with E-state index in [0.717, 1.165) is 5.69 Å². The van der Waals surface area contributed by atoms with Crippen molar-refractivity contribution in [2.75, 3.05) is 51.3 Å². The second kappa shape index (κ2) is 7.81. The number of carbonyl (C=O) groups is 3. The molecule has 5 rings (SSSR count). The van der Waals surface area contributed by atoms with Gasteiger partial charge in [0.05, 0.1) is 38.2 Å². The monoisotopic (exact) mass is 441 g/mol. The molecular formula is C23H27N3O6. The quantitative estimate of drug-likeness (QED) is 0.654. The van der Waals surface area contributed by atoms with Gasteiger partial charge in [-0.15, -0.1) is 0 Å². The maximum Gasteiger partial charge on any atom is 0.409 e. The number of carbonyl (C=O) groups excluding carboxylic acids is 3. The van der Waals surface area contributed by atoms with Crippen molar-refractivity contribution in [3.63, 3.8) is 0 Å². The van der Waals surface area contributed by atoms with Gasteiger partial charge >= 0.3 is 6.09 Å². The predicted molar refractivity (Wildman–Crippen MR) is 114 cm³/mol. The molecule has 1 aromatic rings. The Kier molecular flexibility index (Phi) is 5.08. The Morgan fingerprint density at radius 1 is 1.12 bits per heavy atom. The van der Waals surface area contributed by atoms with Crippen molar-refractivity contribution in [2.45, 2.75) is 18.6 Å². The minimum atomic E-state index is -0.769. The molecule has 0 aromatic heterocycles. The van der Waals surface area contributed by atoms with E-state index in [9.17, 15) is 14.4 Å². The Labute approximate surface area is 186 Å². The van der Waals surface area contributed by atoms with E-state index in [4.69, 9.17) is 14.2 Å². The lowest BCUT2D eigenvalue weighted by atomic mass is 9.76. The number of piperazine rings is 1. The number of rotatable bonds is 4. The fourth-order valence-electron chi connectivity index (χ4n) is 5.30. The van der Waals surface area contributed by atoms with Crippen molar-refractivity contribution >= 4 is 23.6 Å². The molecule has 4 aliphatic heterocycles. The van der Waals surface area contributed by atoms with Crippen LogP contribution in [-0.4, -0.2) is 85.9 Å². The highest BCUT2D eigenvalue weighted by atomic mass is 16.6. The molecular weight excluding hydrogens is 414 g/mol. The van der Waals surface area contributed by atoms with Gasteiger partial charge in [0.25, 0.3) is 0 Å². The first-order valence-electron chi connectivity index (χ1n) is 11.0. The molecule has 3 amide bonds. The Morgan fingerprint density at radius 3 is 2.47 bits per heavy atom. The Balaban J connectivity index is 1.32. The number of methoxy groups -OCH3 is 1. The molecule has 1 aromatic carbocycles. The molecule has 0 saturated carbocycles. The van der Waals surface area contributed by atoms with Gasteiger partial charge in [0, 0.05) is 31.9 Å². The Morgan fingerprint density at radius 2 is 1.81 bits per heavy atom. The van der Waals surface area contributed by atoms with Crippen LogP contribution >= 0.6 is 0 Å². The summed E-state index contributed by atoms with van der Waals surface area (Å²) in [6, 6.07) is 7.31. The molecule has 0 N–H and O–H groups in total. The van der Waals surface area contributed by atoms with Gasteiger partial charge < -0.3 is 28.9 Å². The van der Waals surface area contributed by atoms with Crippen molar-refractivity contribution in [3.05, 3.63) is 36.4 Å². The highest BCUT2D eigenvalue weighted by Crippen LogP contribution is 2.53. The smallest absolute Gasteiger partial charge is 0.409 e. The lowest BCUT2D eigenvalue weighted by molar-refractivity contribution is -0.141. The van der Waals surface area contributed by atoms with Crippen LogP contribution in [0.15, 0.2) is 36.4 Å². The third-order valence-corrected chi connectivity index (χ3v) is 6.89. The largest absolute Gasteiger partial charge is 0.497 e. The number of amides is 3. The molecule has 4 aliphatic rings. The second-order valence-corrected chi connectivity index (χ2v) is 8.53. The molecule has 0 unspecified atom stereocenters. The van der Waals surface area contributed by atoms with Crippen LogP contribution in [0, 0.1) is 11.8 Å². The predicted octanol–water partition coefficient (Wildman–Crippen LogP) is 1.28. The Bertz CT molecular complexity index is 955. The zero-order chi connectivity index (χ0) is 22.5. The third kappa shape index (κ3) is 3.14. The van der Waals surface area contributed by atoms with Crippen LogP contribution in [0.1, 0.15) is 6.92 Å². The van der Waals surface area contributed by atoms with E-state index >= 15 is 0 Å². The molecule has 3 saturated heterocycles. The summed E-state index contributed by atoms with van der Waals surface area (Å²) in [5.74, 6) is -0.559. The summed E-state index contributed by atoms with van der Waals surface area (Å²) in [7, 11) is 1.60. The molecule has 32 heavy (non-hydrogen) atoms. The average molecular weight is 441 g/mol. The topological polar surface area (TPSA) is 88.6 Å². The van der Waals surface area contributed by atoms with Gasteiger partial charge in [-0.25, -0.2) is 4.79 Å². The fourth-order valence-corrected chi connectivity index (χ4v) is 5.30. The first-order valence-corrected chi connectivity index (χ1v) is 11.0. The molecule has 0 aliphatic carbocycles. The number of hydrogen-bond acceptors (Lipinski definition) is 6. The summed E-state index contributed by atoms with van der Waals surface area (Å²) in [4.78, 5) is 44.0. The van der Waals surface area contributed by atoms with E-state index < -0.39 is 23.5 Å².